The molecule has 108 valence electrons. The minimum atomic E-state index is -0.0932. The maximum Gasteiger partial charge on any atom is 0.0611 e. The van der Waals surface area contributed by atoms with Gasteiger partial charge in [0.2, 0.25) is 0 Å². The van der Waals surface area contributed by atoms with Crippen LogP contribution < -0.4 is 5.32 Å². The van der Waals surface area contributed by atoms with Crippen LogP contribution in [0.25, 0.3) is 0 Å². The van der Waals surface area contributed by atoms with Crippen LogP contribution in [0.2, 0.25) is 0 Å². The highest BCUT2D eigenvalue weighted by atomic mass is 16.3. The van der Waals surface area contributed by atoms with Crippen LogP contribution in [0.1, 0.15) is 53.4 Å². The first-order chi connectivity index (χ1) is 8.53. The molecule has 1 aliphatic rings. The van der Waals surface area contributed by atoms with Crippen molar-refractivity contribution in [3.05, 3.63) is 0 Å². The summed E-state index contributed by atoms with van der Waals surface area (Å²) in [7, 11) is 0. The molecule has 3 heteroatoms. The van der Waals surface area contributed by atoms with Crippen molar-refractivity contribution in [1.82, 2.24) is 10.2 Å². The standard InChI is InChI=1S/C15H32N2O/c1-5-13(3)11-17(6-2)10-9-15(4,12-18)16-14-7-8-14/h13-14,16,18H,5-12H2,1-4H3. The molecule has 0 bridgehead atoms. The third-order valence-corrected chi connectivity index (χ3v) is 4.17. The van der Waals surface area contributed by atoms with Crippen LogP contribution in [0.15, 0.2) is 0 Å². The molecule has 1 fully saturated rings. The number of nitrogens with one attached hydrogen (secondary N) is 1. The summed E-state index contributed by atoms with van der Waals surface area (Å²) in [4.78, 5) is 2.51. The summed E-state index contributed by atoms with van der Waals surface area (Å²) in [6, 6.07) is 0.659. The quantitative estimate of drug-likeness (QED) is 0.629. The zero-order chi connectivity index (χ0) is 13.6. The van der Waals surface area contributed by atoms with Crippen molar-refractivity contribution in [2.45, 2.75) is 65.0 Å². The smallest absolute Gasteiger partial charge is 0.0611 e. The van der Waals surface area contributed by atoms with Gasteiger partial charge in [-0.05, 0) is 45.2 Å². The van der Waals surface area contributed by atoms with Gasteiger partial charge in [0.25, 0.3) is 0 Å². The van der Waals surface area contributed by atoms with Crippen molar-refractivity contribution in [2.75, 3.05) is 26.2 Å². The Morgan fingerprint density at radius 2 is 2.06 bits per heavy atom. The van der Waals surface area contributed by atoms with E-state index in [1.165, 1.54) is 25.8 Å². The molecule has 0 aromatic heterocycles. The fraction of sp³-hybridized carbons (Fsp3) is 1.00. The van der Waals surface area contributed by atoms with Crippen molar-refractivity contribution in [3.63, 3.8) is 0 Å². The van der Waals surface area contributed by atoms with Crippen molar-refractivity contribution in [3.8, 4) is 0 Å². The van der Waals surface area contributed by atoms with E-state index >= 15 is 0 Å². The third kappa shape index (κ3) is 5.68. The fourth-order valence-corrected chi connectivity index (χ4v) is 2.27. The van der Waals surface area contributed by atoms with E-state index in [2.05, 4.69) is 37.9 Å². The lowest BCUT2D eigenvalue weighted by Crippen LogP contribution is -2.49. The van der Waals surface area contributed by atoms with Crippen LogP contribution in [0.4, 0.5) is 0 Å². The molecule has 0 saturated heterocycles. The summed E-state index contributed by atoms with van der Waals surface area (Å²) >= 11 is 0. The molecule has 0 aliphatic heterocycles. The monoisotopic (exact) mass is 256 g/mol. The summed E-state index contributed by atoms with van der Waals surface area (Å²) in [6.07, 6.45) is 4.83. The summed E-state index contributed by atoms with van der Waals surface area (Å²) in [5, 5.41) is 13.2. The number of rotatable bonds is 10. The van der Waals surface area contributed by atoms with Crippen molar-refractivity contribution < 1.29 is 5.11 Å². The number of nitrogens with zero attached hydrogens (tertiary/aromatic N) is 1. The van der Waals surface area contributed by atoms with Gasteiger partial charge in [-0.2, -0.15) is 0 Å². The van der Waals surface area contributed by atoms with Crippen LogP contribution in [0.5, 0.6) is 0 Å². The molecule has 1 rings (SSSR count). The molecule has 0 amide bonds. The molecular formula is C15H32N2O. The van der Waals surface area contributed by atoms with Crippen LogP contribution in [-0.2, 0) is 0 Å². The Labute approximate surface area is 113 Å². The molecular weight excluding hydrogens is 224 g/mol. The molecule has 2 atom stereocenters. The summed E-state index contributed by atoms with van der Waals surface area (Å²) < 4.78 is 0. The molecule has 3 nitrogen and oxygen atoms in total. The van der Waals surface area contributed by atoms with E-state index in [1.807, 2.05) is 0 Å². The predicted molar refractivity (Wildman–Crippen MR) is 77.8 cm³/mol. The molecule has 18 heavy (non-hydrogen) atoms. The van der Waals surface area contributed by atoms with Gasteiger partial charge >= 0.3 is 0 Å². The fourth-order valence-electron chi connectivity index (χ4n) is 2.27. The first kappa shape index (κ1) is 15.9. The van der Waals surface area contributed by atoms with Crippen LogP contribution in [0.3, 0.4) is 0 Å². The van der Waals surface area contributed by atoms with Crippen LogP contribution in [0, 0.1) is 5.92 Å². The Morgan fingerprint density at radius 3 is 2.50 bits per heavy atom. The molecule has 2 unspecified atom stereocenters. The summed E-state index contributed by atoms with van der Waals surface area (Å²) in [5.74, 6) is 0.765. The van der Waals surface area contributed by atoms with Gasteiger partial charge in [-0.1, -0.05) is 27.2 Å². The molecule has 2 N–H and O–H groups in total. The third-order valence-electron chi connectivity index (χ3n) is 4.17. The van der Waals surface area contributed by atoms with Gasteiger partial charge in [0, 0.05) is 18.1 Å². The molecule has 0 aromatic rings. The maximum atomic E-state index is 9.59. The van der Waals surface area contributed by atoms with E-state index in [9.17, 15) is 5.11 Å². The van der Waals surface area contributed by atoms with Crippen molar-refractivity contribution >= 4 is 0 Å². The molecule has 0 spiro atoms. The van der Waals surface area contributed by atoms with Crippen molar-refractivity contribution in [2.24, 2.45) is 5.92 Å². The van der Waals surface area contributed by atoms with Gasteiger partial charge in [0.15, 0.2) is 0 Å². The second-order valence-corrected chi connectivity index (χ2v) is 6.29. The summed E-state index contributed by atoms with van der Waals surface area (Å²) in [6.45, 7) is 12.6. The maximum absolute atomic E-state index is 9.59. The number of aliphatic hydroxyl groups excluding tert-OH is 1. The number of hydrogen-bond donors (Lipinski definition) is 2. The summed E-state index contributed by atoms with van der Waals surface area (Å²) in [5.41, 5.74) is -0.0932. The molecule has 0 radical (unpaired) electrons. The normalized spacial score (nSPS) is 21.0. The lowest BCUT2D eigenvalue weighted by atomic mass is 9.98. The molecule has 0 heterocycles. The van der Waals surface area contributed by atoms with E-state index in [4.69, 9.17) is 0 Å². The van der Waals surface area contributed by atoms with E-state index in [-0.39, 0.29) is 12.1 Å². The Bertz CT molecular complexity index is 231. The first-order valence-electron chi connectivity index (χ1n) is 7.64. The highest BCUT2D eigenvalue weighted by Crippen LogP contribution is 2.24. The number of hydrogen-bond acceptors (Lipinski definition) is 3. The number of aliphatic hydroxyl groups is 1. The van der Waals surface area contributed by atoms with Gasteiger partial charge in [0.1, 0.15) is 0 Å². The van der Waals surface area contributed by atoms with Gasteiger partial charge in [-0.25, -0.2) is 0 Å². The Hall–Kier alpha value is -0.120. The van der Waals surface area contributed by atoms with Gasteiger partial charge in [0.05, 0.1) is 6.61 Å². The van der Waals surface area contributed by atoms with Crippen LogP contribution >= 0.6 is 0 Å². The first-order valence-corrected chi connectivity index (χ1v) is 7.64. The molecule has 1 saturated carbocycles. The van der Waals surface area contributed by atoms with Gasteiger partial charge in [-0.3, -0.25) is 0 Å². The van der Waals surface area contributed by atoms with Crippen molar-refractivity contribution in [1.29, 1.82) is 0 Å². The lowest BCUT2D eigenvalue weighted by molar-refractivity contribution is 0.140. The van der Waals surface area contributed by atoms with Gasteiger partial charge in [-0.15, -0.1) is 0 Å². The average molecular weight is 256 g/mol. The second-order valence-electron chi connectivity index (χ2n) is 6.29. The van der Waals surface area contributed by atoms with E-state index in [1.54, 1.807) is 0 Å². The lowest BCUT2D eigenvalue weighted by Gasteiger charge is -2.32. The SMILES string of the molecule is CCC(C)CN(CC)CCC(C)(CO)NC1CC1. The van der Waals surface area contributed by atoms with E-state index in [0.29, 0.717) is 6.04 Å². The predicted octanol–water partition coefficient (Wildman–Crippen LogP) is 2.25. The second kappa shape index (κ2) is 7.46. The zero-order valence-electron chi connectivity index (χ0n) is 12.7. The van der Waals surface area contributed by atoms with E-state index in [0.717, 1.165) is 25.4 Å². The van der Waals surface area contributed by atoms with Crippen LogP contribution in [-0.4, -0.2) is 47.8 Å². The molecule has 1 aliphatic carbocycles. The minimum absolute atomic E-state index is 0.0932. The highest BCUT2D eigenvalue weighted by molar-refractivity contribution is 4.92. The zero-order valence-corrected chi connectivity index (χ0v) is 12.7. The van der Waals surface area contributed by atoms with E-state index < -0.39 is 0 Å². The largest absolute Gasteiger partial charge is 0.394 e. The van der Waals surface area contributed by atoms with Gasteiger partial charge < -0.3 is 15.3 Å². The Balaban J connectivity index is 2.33. The Morgan fingerprint density at radius 1 is 1.39 bits per heavy atom. The minimum Gasteiger partial charge on any atom is -0.394 e. The highest BCUT2D eigenvalue weighted by Gasteiger charge is 2.32. The topological polar surface area (TPSA) is 35.5 Å². The Kier molecular flexibility index (Phi) is 6.61. The molecule has 0 aromatic carbocycles. The average Bonchev–Trinajstić information content (AvgIpc) is 3.17.